The molecular formula is C25H21FN2O4. The molecule has 0 radical (unpaired) electrons. The van der Waals surface area contributed by atoms with Crippen LogP contribution in [-0.2, 0) is 13.0 Å². The zero-order valence-electron chi connectivity index (χ0n) is 17.4. The highest BCUT2D eigenvalue weighted by Crippen LogP contribution is 2.33. The Hall–Kier alpha value is -4.00. The van der Waals surface area contributed by atoms with Crippen LogP contribution in [0.2, 0.25) is 0 Å². The lowest BCUT2D eigenvalue weighted by Gasteiger charge is -2.05. The first-order valence-corrected chi connectivity index (χ1v) is 10.2. The number of aromatic amines is 1. The average Bonchev–Trinajstić information content (AvgIpc) is 3.40. The van der Waals surface area contributed by atoms with Gasteiger partial charge in [0, 0.05) is 17.5 Å². The minimum absolute atomic E-state index is 0.134. The van der Waals surface area contributed by atoms with Crippen molar-refractivity contribution in [3.05, 3.63) is 99.6 Å². The van der Waals surface area contributed by atoms with Gasteiger partial charge in [-0.05, 0) is 59.7 Å². The number of benzene rings is 3. The fraction of sp³-hybridized carbons (Fsp3) is 0.160. The van der Waals surface area contributed by atoms with Crippen molar-refractivity contribution < 1.29 is 18.6 Å². The highest BCUT2D eigenvalue weighted by atomic mass is 19.1. The number of ether oxygens (including phenoxy) is 3. The van der Waals surface area contributed by atoms with Crippen LogP contribution in [0, 0.1) is 5.82 Å². The Kier molecular flexibility index (Phi) is 5.15. The Labute approximate surface area is 183 Å². The molecule has 4 aromatic rings. The van der Waals surface area contributed by atoms with Crippen molar-refractivity contribution in [3.63, 3.8) is 0 Å². The molecule has 6 nitrogen and oxygen atoms in total. The predicted octanol–water partition coefficient (Wildman–Crippen LogP) is 4.36. The molecule has 1 N–H and O–H groups in total. The van der Waals surface area contributed by atoms with Gasteiger partial charge in [-0.2, -0.15) is 0 Å². The number of hydrogen-bond donors (Lipinski definition) is 1. The third kappa shape index (κ3) is 3.85. The number of aromatic nitrogens is 2. The number of nitrogens with zero attached hydrogens (tertiary/aromatic N) is 1. The molecule has 0 atom stereocenters. The average molecular weight is 432 g/mol. The Balaban J connectivity index is 1.55. The Morgan fingerprint density at radius 1 is 1.00 bits per heavy atom. The summed E-state index contributed by atoms with van der Waals surface area (Å²) in [6, 6.07) is 19.3. The van der Waals surface area contributed by atoms with Crippen molar-refractivity contribution in [1.82, 2.24) is 9.78 Å². The van der Waals surface area contributed by atoms with Crippen LogP contribution in [0.3, 0.4) is 0 Å². The van der Waals surface area contributed by atoms with Gasteiger partial charge in [0.05, 0.1) is 19.3 Å². The van der Waals surface area contributed by atoms with Crippen LogP contribution in [0.1, 0.15) is 16.7 Å². The third-order valence-corrected chi connectivity index (χ3v) is 5.48. The number of fused-ring (bicyclic) bond motifs is 1. The Morgan fingerprint density at radius 2 is 1.81 bits per heavy atom. The maximum atomic E-state index is 13.5. The van der Waals surface area contributed by atoms with Gasteiger partial charge >= 0.3 is 0 Å². The summed E-state index contributed by atoms with van der Waals surface area (Å²) in [5, 5.41) is 3.23. The molecule has 162 valence electrons. The second-order valence-electron chi connectivity index (χ2n) is 7.58. The van der Waals surface area contributed by atoms with Crippen molar-refractivity contribution in [2.45, 2.75) is 13.0 Å². The maximum absolute atomic E-state index is 13.5. The van der Waals surface area contributed by atoms with E-state index < -0.39 is 0 Å². The topological polar surface area (TPSA) is 65.5 Å². The van der Waals surface area contributed by atoms with Crippen molar-refractivity contribution in [2.24, 2.45) is 0 Å². The van der Waals surface area contributed by atoms with Crippen LogP contribution >= 0.6 is 0 Å². The smallest absolute Gasteiger partial charge is 0.270 e. The SMILES string of the molecule is COc1cccc(Cn2[nH]c(-c3ccc(F)cc3)c(Cc3ccc4c(c3)OCO4)c2=O)c1. The molecule has 3 aromatic carbocycles. The molecule has 0 fully saturated rings. The van der Waals surface area contributed by atoms with E-state index in [0.717, 1.165) is 22.4 Å². The second kappa shape index (κ2) is 8.26. The molecule has 5 rings (SSSR count). The van der Waals surface area contributed by atoms with Gasteiger partial charge in [0.15, 0.2) is 11.5 Å². The van der Waals surface area contributed by atoms with Crippen LogP contribution in [0.15, 0.2) is 71.5 Å². The first-order valence-electron chi connectivity index (χ1n) is 10.2. The molecule has 32 heavy (non-hydrogen) atoms. The van der Waals surface area contributed by atoms with Crippen molar-refractivity contribution in [1.29, 1.82) is 0 Å². The molecule has 0 aliphatic carbocycles. The largest absolute Gasteiger partial charge is 0.497 e. The number of hydrogen-bond acceptors (Lipinski definition) is 4. The number of nitrogens with one attached hydrogen (secondary N) is 1. The van der Waals surface area contributed by atoms with E-state index in [2.05, 4.69) is 5.10 Å². The number of H-pyrrole nitrogens is 1. The molecule has 1 aliphatic rings. The number of methoxy groups -OCH3 is 1. The van der Waals surface area contributed by atoms with E-state index in [1.807, 2.05) is 42.5 Å². The first-order chi connectivity index (χ1) is 15.6. The Bertz CT molecular complexity index is 1320. The van der Waals surface area contributed by atoms with Gasteiger partial charge in [-0.25, -0.2) is 9.07 Å². The van der Waals surface area contributed by atoms with Crippen LogP contribution in [-0.4, -0.2) is 23.7 Å². The summed E-state index contributed by atoms with van der Waals surface area (Å²) in [6.45, 7) is 0.544. The van der Waals surface area contributed by atoms with Gasteiger partial charge < -0.3 is 14.2 Å². The third-order valence-electron chi connectivity index (χ3n) is 5.48. The molecular weight excluding hydrogens is 411 g/mol. The maximum Gasteiger partial charge on any atom is 0.270 e. The monoisotopic (exact) mass is 432 g/mol. The zero-order chi connectivity index (χ0) is 22.1. The van der Waals surface area contributed by atoms with Crippen molar-refractivity contribution >= 4 is 0 Å². The zero-order valence-corrected chi connectivity index (χ0v) is 17.4. The van der Waals surface area contributed by atoms with E-state index in [1.54, 1.807) is 23.9 Å². The van der Waals surface area contributed by atoms with E-state index in [0.29, 0.717) is 35.7 Å². The molecule has 1 aliphatic heterocycles. The quantitative estimate of drug-likeness (QED) is 0.492. The molecule has 0 saturated heterocycles. The molecule has 0 spiro atoms. The van der Waals surface area contributed by atoms with Crippen molar-refractivity contribution in [2.75, 3.05) is 13.9 Å². The minimum atomic E-state index is -0.329. The lowest BCUT2D eigenvalue weighted by molar-refractivity contribution is 0.174. The van der Waals surface area contributed by atoms with Crippen LogP contribution in [0.5, 0.6) is 17.2 Å². The van der Waals surface area contributed by atoms with E-state index in [4.69, 9.17) is 14.2 Å². The summed E-state index contributed by atoms with van der Waals surface area (Å²) in [5.41, 5.74) is 3.71. The van der Waals surface area contributed by atoms with Gasteiger partial charge in [0.25, 0.3) is 5.56 Å². The Morgan fingerprint density at radius 3 is 2.62 bits per heavy atom. The lowest BCUT2D eigenvalue weighted by atomic mass is 10.0. The highest BCUT2D eigenvalue weighted by Gasteiger charge is 2.19. The number of halogens is 1. The summed E-state index contributed by atoms with van der Waals surface area (Å²) < 4.78 is 31.2. The van der Waals surface area contributed by atoms with Gasteiger partial charge in [0.1, 0.15) is 11.6 Å². The lowest BCUT2D eigenvalue weighted by Crippen LogP contribution is -2.20. The minimum Gasteiger partial charge on any atom is -0.497 e. The van der Waals surface area contributed by atoms with E-state index >= 15 is 0 Å². The standard InChI is InChI=1S/C25H21FN2O4/c1-30-20-4-2-3-17(11-20)14-28-25(29)21(24(27-28)18-6-8-19(26)9-7-18)12-16-5-10-22-23(13-16)32-15-31-22/h2-11,13,27H,12,14-15H2,1H3. The molecule has 2 heterocycles. The molecule has 7 heteroatoms. The van der Waals surface area contributed by atoms with Crippen molar-refractivity contribution in [3.8, 4) is 28.5 Å². The molecule has 1 aromatic heterocycles. The van der Waals surface area contributed by atoms with E-state index in [-0.39, 0.29) is 18.2 Å². The fourth-order valence-corrected chi connectivity index (χ4v) is 3.86. The normalized spacial score (nSPS) is 12.2. The van der Waals surface area contributed by atoms with Gasteiger partial charge in [-0.1, -0.05) is 18.2 Å². The summed E-state index contributed by atoms with van der Waals surface area (Å²) in [5.74, 6) is 1.75. The van der Waals surface area contributed by atoms with Crippen LogP contribution in [0.25, 0.3) is 11.3 Å². The number of rotatable bonds is 6. The van der Waals surface area contributed by atoms with Gasteiger partial charge in [0.2, 0.25) is 6.79 Å². The highest BCUT2D eigenvalue weighted by molar-refractivity contribution is 5.63. The summed E-state index contributed by atoms with van der Waals surface area (Å²) >= 11 is 0. The predicted molar refractivity (Wildman–Crippen MR) is 118 cm³/mol. The van der Waals surface area contributed by atoms with Crippen LogP contribution < -0.4 is 19.8 Å². The van der Waals surface area contributed by atoms with Crippen LogP contribution in [0.4, 0.5) is 4.39 Å². The first kappa shape index (κ1) is 19.9. The second-order valence-corrected chi connectivity index (χ2v) is 7.58. The van der Waals surface area contributed by atoms with E-state index in [1.165, 1.54) is 12.1 Å². The van der Waals surface area contributed by atoms with E-state index in [9.17, 15) is 9.18 Å². The fourth-order valence-electron chi connectivity index (χ4n) is 3.86. The molecule has 0 saturated carbocycles. The molecule has 0 unspecified atom stereocenters. The summed E-state index contributed by atoms with van der Waals surface area (Å²) in [6.07, 6.45) is 0.393. The molecule has 0 bridgehead atoms. The summed E-state index contributed by atoms with van der Waals surface area (Å²) in [4.78, 5) is 13.4. The summed E-state index contributed by atoms with van der Waals surface area (Å²) in [7, 11) is 1.61. The molecule has 0 amide bonds. The van der Waals surface area contributed by atoms with Gasteiger partial charge in [-0.15, -0.1) is 0 Å². The van der Waals surface area contributed by atoms with Gasteiger partial charge in [-0.3, -0.25) is 9.89 Å².